The molecule has 1 saturated carbocycles. The maximum absolute atomic E-state index is 6.07. The van der Waals surface area contributed by atoms with Crippen LogP contribution in [0.1, 0.15) is 6.42 Å². The minimum atomic E-state index is -0.0353. The van der Waals surface area contributed by atoms with Crippen molar-refractivity contribution in [2.24, 2.45) is 0 Å². The molecule has 0 heterocycles. The van der Waals surface area contributed by atoms with Crippen molar-refractivity contribution in [2.45, 2.75) is 24.0 Å². The molecule has 0 aliphatic heterocycles. The minimum absolute atomic E-state index is 0.0263. The van der Waals surface area contributed by atoms with Gasteiger partial charge in [-0.15, -0.1) is 11.6 Å². The van der Waals surface area contributed by atoms with E-state index >= 15 is 0 Å². The lowest BCUT2D eigenvalue weighted by Gasteiger charge is -2.39. The van der Waals surface area contributed by atoms with E-state index in [1.807, 2.05) is 54.6 Å². The highest BCUT2D eigenvalue weighted by Crippen LogP contribution is 2.33. The van der Waals surface area contributed by atoms with Crippen molar-refractivity contribution in [3.8, 4) is 17.2 Å². The van der Waals surface area contributed by atoms with E-state index in [0.717, 1.165) is 23.7 Å². The van der Waals surface area contributed by atoms with E-state index in [9.17, 15) is 0 Å². The Morgan fingerprint density at radius 3 is 2.14 bits per heavy atom. The quantitative estimate of drug-likeness (QED) is 0.773. The summed E-state index contributed by atoms with van der Waals surface area (Å²) in [6.45, 7) is 0. The number of hydrogen-bond acceptors (Lipinski definition) is 3. The lowest BCUT2D eigenvalue weighted by Crippen LogP contribution is -2.52. The van der Waals surface area contributed by atoms with Crippen LogP contribution in [0, 0.1) is 0 Å². The van der Waals surface area contributed by atoms with Crippen LogP contribution >= 0.6 is 11.6 Å². The first-order valence-electron chi connectivity index (χ1n) is 6.93. The molecule has 0 radical (unpaired) electrons. The maximum Gasteiger partial charge on any atom is 0.128 e. The monoisotopic (exact) mass is 304 g/mol. The number of hydrogen-bond donors (Lipinski definition) is 0. The molecular formula is C17H17ClO3. The zero-order chi connectivity index (χ0) is 14.7. The fraction of sp³-hybridized carbons (Fsp3) is 0.294. The van der Waals surface area contributed by atoms with Gasteiger partial charge in [-0.25, -0.2) is 0 Å². The summed E-state index contributed by atoms with van der Waals surface area (Å²) in [5.41, 5.74) is 0. The van der Waals surface area contributed by atoms with Gasteiger partial charge in [-0.3, -0.25) is 0 Å². The van der Waals surface area contributed by atoms with Crippen molar-refractivity contribution >= 4 is 11.6 Å². The van der Waals surface area contributed by atoms with Crippen molar-refractivity contribution in [1.29, 1.82) is 0 Å². The molecule has 2 aromatic carbocycles. The molecule has 0 N–H and O–H groups in total. The van der Waals surface area contributed by atoms with Gasteiger partial charge in [0.25, 0.3) is 0 Å². The molecule has 21 heavy (non-hydrogen) atoms. The molecule has 3 atom stereocenters. The van der Waals surface area contributed by atoms with E-state index in [2.05, 4.69) is 0 Å². The Labute approximate surface area is 129 Å². The fourth-order valence-electron chi connectivity index (χ4n) is 2.33. The fourth-order valence-corrected chi connectivity index (χ4v) is 2.77. The van der Waals surface area contributed by atoms with Gasteiger partial charge in [-0.1, -0.05) is 18.2 Å². The summed E-state index contributed by atoms with van der Waals surface area (Å²) < 4.78 is 16.9. The highest BCUT2D eigenvalue weighted by atomic mass is 35.5. The molecule has 0 saturated heterocycles. The average Bonchev–Trinajstić information content (AvgIpc) is 2.50. The van der Waals surface area contributed by atoms with Crippen LogP contribution in [0.4, 0.5) is 0 Å². The van der Waals surface area contributed by atoms with Crippen LogP contribution in [0.3, 0.4) is 0 Å². The number of alkyl halides is 1. The van der Waals surface area contributed by atoms with Gasteiger partial charge in [0, 0.05) is 13.5 Å². The average molecular weight is 305 g/mol. The molecule has 0 aromatic heterocycles. The third-order valence-corrected chi connectivity index (χ3v) is 3.97. The molecule has 4 heteroatoms. The lowest BCUT2D eigenvalue weighted by molar-refractivity contribution is -0.0583. The third kappa shape index (κ3) is 3.31. The van der Waals surface area contributed by atoms with Crippen LogP contribution in [0.2, 0.25) is 0 Å². The summed E-state index contributed by atoms with van der Waals surface area (Å²) in [6, 6.07) is 17.2. The summed E-state index contributed by atoms with van der Waals surface area (Å²) in [7, 11) is 1.66. The standard InChI is InChI=1S/C17H17ClO3/c1-19-17-15(18)11-16(17)21-14-9-7-13(8-10-14)20-12-5-3-2-4-6-12/h2-10,15-17H,11H2,1H3. The molecule has 0 spiro atoms. The van der Waals surface area contributed by atoms with Gasteiger partial charge in [0.05, 0.1) is 5.38 Å². The smallest absolute Gasteiger partial charge is 0.128 e. The number of methoxy groups -OCH3 is 1. The first kappa shape index (κ1) is 14.2. The van der Waals surface area contributed by atoms with Crippen molar-refractivity contribution < 1.29 is 14.2 Å². The predicted molar refractivity (Wildman–Crippen MR) is 82.4 cm³/mol. The molecule has 0 amide bonds. The number of halogens is 1. The topological polar surface area (TPSA) is 27.7 Å². The van der Waals surface area contributed by atoms with Crippen LogP contribution in [0.25, 0.3) is 0 Å². The van der Waals surface area contributed by atoms with Gasteiger partial charge in [-0.2, -0.15) is 0 Å². The van der Waals surface area contributed by atoms with Crippen molar-refractivity contribution in [3.05, 3.63) is 54.6 Å². The Balaban J connectivity index is 1.60. The second-order valence-electron chi connectivity index (χ2n) is 4.99. The SMILES string of the molecule is COC1C(Cl)CC1Oc1ccc(Oc2ccccc2)cc1. The molecule has 3 rings (SSSR count). The number of benzene rings is 2. The zero-order valence-corrected chi connectivity index (χ0v) is 12.5. The van der Waals surface area contributed by atoms with Gasteiger partial charge in [0.15, 0.2) is 0 Å². The normalized spacial score (nSPS) is 24.2. The van der Waals surface area contributed by atoms with E-state index in [-0.39, 0.29) is 17.6 Å². The van der Waals surface area contributed by atoms with E-state index in [1.165, 1.54) is 0 Å². The van der Waals surface area contributed by atoms with Crippen molar-refractivity contribution in [1.82, 2.24) is 0 Å². The van der Waals surface area contributed by atoms with Crippen LogP contribution in [-0.2, 0) is 4.74 Å². The molecule has 1 fully saturated rings. The zero-order valence-electron chi connectivity index (χ0n) is 11.7. The van der Waals surface area contributed by atoms with Crippen LogP contribution in [0.15, 0.2) is 54.6 Å². The first-order chi connectivity index (χ1) is 10.3. The van der Waals surface area contributed by atoms with Crippen molar-refractivity contribution in [3.63, 3.8) is 0 Å². The number of para-hydroxylation sites is 1. The summed E-state index contributed by atoms with van der Waals surface area (Å²) in [5.74, 6) is 2.39. The van der Waals surface area contributed by atoms with E-state index in [1.54, 1.807) is 7.11 Å². The van der Waals surface area contributed by atoms with Crippen LogP contribution < -0.4 is 9.47 Å². The second-order valence-corrected chi connectivity index (χ2v) is 5.56. The second kappa shape index (κ2) is 6.37. The molecule has 0 bridgehead atoms. The van der Waals surface area contributed by atoms with E-state index in [0.29, 0.717) is 0 Å². The van der Waals surface area contributed by atoms with Crippen molar-refractivity contribution in [2.75, 3.05) is 7.11 Å². The van der Waals surface area contributed by atoms with Gasteiger partial charge >= 0.3 is 0 Å². The predicted octanol–water partition coefficient (Wildman–Crippen LogP) is 4.25. The first-order valence-corrected chi connectivity index (χ1v) is 7.36. The molecule has 3 unspecified atom stereocenters. The molecule has 1 aliphatic carbocycles. The van der Waals surface area contributed by atoms with Gasteiger partial charge in [-0.05, 0) is 36.4 Å². The molecular weight excluding hydrogens is 288 g/mol. The van der Waals surface area contributed by atoms with Gasteiger partial charge in [0.1, 0.15) is 29.5 Å². The third-order valence-electron chi connectivity index (χ3n) is 3.54. The molecule has 3 nitrogen and oxygen atoms in total. The van der Waals surface area contributed by atoms with Gasteiger partial charge in [0.2, 0.25) is 0 Å². The largest absolute Gasteiger partial charge is 0.488 e. The van der Waals surface area contributed by atoms with Gasteiger partial charge < -0.3 is 14.2 Å². The van der Waals surface area contributed by atoms with Crippen LogP contribution in [0.5, 0.6) is 17.2 Å². The molecule has 1 aliphatic rings. The number of ether oxygens (including phenoxy) is 3. The Bertz CT molecular complexity index is 570. The summed E-state index contributed by atoms with van der Waals surface area (Å²) in [4.78, 5) is 0. The Morgan fingerprint density at radius 1 is 0.905 bits per heavy atom. The summed E-state index contributed by atoms with van der Waals surface area (Å²) in [6.07, 6.45) is 0.799. The maximum atomic E-state index is 6.07. The highest BCUT2D eigenvalue weighted by Gasteiger charge is 2.42. The van der Waals surface area contributed by atoms with E-state index in [4.69, 9.17) is 25.8 Å². The van der Waals surface area contributed by atoms with Crippen LogP contribution in [-0.4, -0.2) is 24.7 Å². The highest BCUT2D eigenvalue weighted by molar-refractivity contribution is 6.21. The minimum Gasteiger partial charge on any atom is -0.488 e. The summed E-state index contributed by atoms with van der Waals surface area (Å²) >= 11 is 6.07. The summed E-state index contributed by atoms with van der Waals surface area (Å²) in [5, 5.41) is 0.0423. The molecule has 110 valence electrons. The van der Waals surface area contributed by atoms with E-state index < -0.39 is 0 Å². The Kier molecular flexibility index (Phi) is 4.32. The Hall–Kier alpha value is -1.71. The molecule has 2 aromatic rings. The lowest BCUT2D eigenvalue weighted by atomic mass is 9.91. The number of rotatable bonds is 5. The Morgan fingerprint density at radius 2 is 1.52 bits per heavy atom.